The molecule has 0 saturated heterocycles. The molecule has 0 fully saturated rings. The average Bonchev–Trinajstić information content (AvgIpc) is 1.55. The fourth-order valence-electron chi connectivity index (χ4n) is 0.524. The number of nitrogens with one attached hydrogen (secondary N) is 2. The Kier molecular flexibility index (Phi) is 3.43. The molecule has 11 heavy (non-hydrogen) atoms. The molecule has 0 aliphatic rings. The van der Waals surface area contributed by atoms with E-state index >= 15 is 0 Å². The summed E-state index contributed by atoms with van der Waals surface area (Å²) in [5.41, 5.74) is -0.527. The molecule has 0 aromatic heterocycles. The van der Waals surface area contributed by atoms with E-state index in [9.17, 15) is 8.42 Å². The predicted molar refractivity (Wildman–Crippen MR) is 42.0 cm³/mol. The van der Waals surface area contributed by atoms with Gasteiger partial charge in [0.1, 0.15) is 6.73 Å². The summed E-state index contributed by atoms with van der Waals surface area (Å²) in [6, 6.07) is 0. The molecule has 0 aromatic carbocycles. The first-order chi connectivity index (χ1) is 4.77. The summed E-state index contributed by atoms with van der Waals surface area (Å²) >= 11 is 0. The highest BCUT2D eigenvalue weighted by Crippen LogP contribution is 1.99. The third-order valence-corrected chi connectivity index (χ3v) is 2.09. The van der Waals surface area contributed by atoms with Gasteiger partial charge in [-0.2, -0.15) is 17.9 Å². The maximum Gasteiger partial charge on any atom is 0.279 e. The molecule has 0 aliphatic heterocycles. The Morgan fingerprint density at radius 1 is 1.36 bits per heavy atom. The Morgan fingerprint density at radius 2 is 1.82 bits per heavy atom. The second-order valence-electron chi connectivity index (χ2n) is 3.16. The minimum atomic E-state index is -3.54. The SMILES string of the molecule is CC(C)(C)NS(=O)(=O)NCO. The van der Waals surface area contributed by atoms with Crippen molar-refractivity contribution in [3.8, 4) is 0 Å². The largest absolute Gasteiger partial charge is 0.380 e. The molecule has 0 unspecified atom stereocenters. The van der Waals surface area contributed by atoms with E-state index in [0.29, 0.717) is 0 Å². The summed E-state index contributed by atoms with van der Waals surface area (Å²) in [7, 11) is -3.54. The second-order valence-corrected chi connectivity index (χ2v) is 4.66. The van der Waals surface area contributed by atoms with Crippen LogP contribution >= 0.6 is 0 Å². The lowest BCUT2D eigenvalue weighted by molar-refractivity contribution is 0.286. The third kappa shape index (κ3) is 6.24. The number of hydrogen-bond donors (Lipinski definition) is 3. The first kappa shape index (κ1) is 10.8. The summed E-state index contributed by atoms with van der Waals surface area (Å²) < 4.78 is 25.9. The molecule has 0 radical (unpaired) electrons. The molecule has 3 N–H and O–H groups in total. The average molecular weight is 182 g/mol. The standard InChI is InChI=1S/C5H14N2O3S/c1-5(2,3)7-11(9,10)6-4-8/h6-8H,4H2,1-3H3. The summed E-state index contributed by atoms with van der Waals surface area (Å²) in [5.74, 6) is 0. The van der Waals surface area contributed by atoms with Gasteiger partial charge in [-0.15, -0.1) is 0 Å². The van der Waals surface area contributed by atoms with Crippen molar-refractivity contribution in [2.45, 2.75) is 26.3 Å². The lowest BCUT2D eigenvalue weighted by Gasteiger charge is -2.19. The van der Waals surface area contributed by atoms with Crippen LogP contribution in [0.1, 0.15) is 20.8 Å². The highest BCUT2D eigenvalue weighted by atomic mass is 32.2. The Bertz CT molecular complexity index is 204. The van der Waals surface area contributed by atoms with Gasteiger partial charge in [-0.25, -0.2) is 0 Å². The van der Waals surface area contributed by atoms with Crippen LogP contribution in [0.25, 0.3) is 0 Å². The first-order valence-corrected chi connectivity index (χ1v) is 4.64. The topological polar surface area (TPSA) is 78.4 Å². The van der Waals surface area contributed by atoms with Gasteiger partial charge in [0.05, 0.1) is 0 Å². The molecule has 5 nitrogen and oxygen atoms in total. The van der Waals surface area contributed by atoms with E-state index in [4.69, 9.17) is 5.11 Å². The maximum absolute atomic E-state index is 10.9. The van der Waals surface area contributed by atoms with E-state index in [1.807, 2.05) is 4.72 Å². The molecule has 6 heteroatoms. The normalized spacial score (nSPS) is 13.5. The van der Waals surface area contributed by atoms with Crippen LogP contribution in [0.5, 0.6) is 0 Å². The minimum absolute atomic E-state index is 0.527. The Balaban J connectivity index is 4.15. The van der Waals surface area contributed by atoms with Crippen LogP contribution in [0.2, 0.25) is 0 Å². The van der Waals surface area contributed by atoms with Gasteiger partial charge in [-0.3, -0.25) is 0 Å². The highest BCUT2D eigenvalue weighted by molar-refractivity contribution is 7.87. The summed E-state index contributed by atoms with van der Waals surface area (Å²) in [6.07, 6.45) is 0. The van der Waals surface area contributed by atoms with Gasteiger partial charge >= 0.3 is 0 Å². The lowest BCUT2D eigenvalue weighted by Crippen LogP contribution is -2.47. The lowest BCUT2D eigenvalue weighted by atomic mass is 10.1. The Morgan fingerprint density at radius 3 is 2.09 bits per heavy atom. The third-order valence-electron chi connectivity index (χ3n) is 0.695. The number of rotatable bonds is 3. The van der Waals surface area contributed by atoms with E-state index in [1.54, 1.807) is 20.8 Å². The van der Waals surface area contributed by atoms with Crippen molar-refractivity contribution in [1.82, 2.24) is 9.44 Å². The van der Waals surface area contributed by atoms with Crippen molar-refractivity contribution in [3.63, 3.8) is 0 Å². The van der Waals surface area contributed by atoms with Crippen molar-refractivity contribution >= 4 is 10.2 Å². The van der Waals surface area contributed by atoms with E-state index < -0.39 is 22.5 Å². The van der Waals surface area contributed by atoms with Crippen molar-refractivity contribution in [3.05, 3.63) is 0 Å². The fraction of sp³-hybridized carbons (Fsp3) is 1.00. The van der Waals surface area contributed by atoms with Crippen molar-refractivity contribution < 1.29 is 13.5 Å². The number of hydrogen-bond acceptors (Lipinski definition) is 3. The van der Waals surface area contributed by atoms with Crippen molar-refractivity contribution in [2.24, 2.45) is 0 Å². The van der Waals surface area contributed by atoms with Gasteiger partial charge in [0.2, 0.25) is 0 Å². The molecule has 0 atom stereocenters. The van der Waals surface area contributed by atoms with Crippen LogP contribution in [-0.2, 0) is 10.2 Å². The molecular formula is C5H14N2O3S. The minimum Gasteiger partial charge on any atom is -0.380 e. The zero-order valence-corrected chi connectivity index (χ0v) is 7.70. The van der Waals surface area contributed by atoms with Crippen LogP contribution in [0.4, 0.5) is 0 Å². The first-order valence-electron chi connectivity index (χ1n) is 3.16. The van der Waals surface area contributed by atoms with Gasteiger partial charge in [-0.1, -0.05) is 0 Å². The Labute approximate surface area is 67.0 Å². The zero-order chi connectivity index (χ0) is 9.12. The summed E-state index contributed by atoms with van der Waals surface area (Å²) in [5, 5.41) is 8.27. The zero-order valence-electron chi connectivity index (χ0n) is 6.88. The second kappa shape index (κ2) is 3.48. The molecule has 68 valence electrons. The molecule has 0 heterocycles. The molecule has 0 aliphatic carbocycles. The smallest absolute Gasteiger partial charge is 0.279 e. The van der Waals surface area contributed by atoms with Gasteiger partial charge < -0.3 is 5.11 Å². The van der Waals surface area contributed by atoms with Crippen LogP contribution in [0, 0.1) is 0 Å². The van der Waals surface area contributed by atoms with Crippen molar-refractivity contribution in [2.75, 3.05) is 6.73 Å². The van der Waals surface area contributed by atoms with E-state index in [0.717, 1.165) is 0 Å². The van der Waals surface area contributed by atoms with E-state index in [-0.39, 0.29) is 0 Å². The monoisotopic (exact) mass is 182 g/mol. The molecule has 0 aromatic rings. The fourth-order valence-corrected chi connectivity index (χ4v) is 1.57. The van der Waals surface area contributed by atoms with Crippen LogP contribution in [0.3, 0.4) is 0 Å². The molecule has 0 amide bonds. The van der Waals surface area contributed by atoms with Gasteiger partial charge in [0.15, 0.2) is 0 Å². The summed E-state index contributed by atoms with van der Waals surface area (Å²) in [6.45, 7) is 4.54. The van der Waals surface area contributed by atoms with Gasteiger partial charge in [-0.05, 0) is 20.8 Å². The van der Waals surface area contributed by atoms with Gasteiger partial charge in [0, 0.05) is 5.54 Å². The van der Waals surface area contributed by atoms with Crippen LogP contribution < -0.4 is 9.44 Å². The number of aliphatic hydroxyl groups is 1. The van der Waals surface area contributed by atoms with Crippen molar-refractivity contribution in [1.29, 1.82) is 0 Å². The van der Waals surface area contributed by atoms with Gasteiger partial charge in [0.25, 0.3) is 10.2 Å². The summed E-state index contributed by atoms with van der Waals surface area (Å²) in [4.78, 5) is 0. The molecule has 0 saturated carbocycles. The molecular weight excluding hydrogens is 168 g/mol. The molecule has 0 rings (SSSR count). The number of aliphatic hydroxyl groups excluding tert-OH is 1. The van der Waals surface area contributed by atoms with Crippen LogP contribution in [0.15, 0.2) is 0 Å². The van der Waals surface area contributed by atoms with E-state index in [2.05, 4.69) is 4.72 Å². The molecule has 0 spiro atoms. The van der Waals surface area contributed by atoms with Crippen LogP contribution in [-0.4, -0.2) is 25.8 Å². The highest BCUT2D eigenvalue weighted by Gasteiger charge is 2.18. The predicted octanol–water partition coefficient (Wildman–Crippen LogP) is -0.841. The van der Waals surface area contributed by atoms with E-state index in [1.165, 1.54) is 0 Å². The quantitative estimate of drug-likeness (QED) is 0.498. The molecule has 0 bridgehead atoms. The Hall–Kier alpha value is -0.170. The maximum atomic E-state index is 10.9.